The van der Waals surface area contributed by atoms with Gasteiger partial charge in [0.15, 0.2) is 5.82 Å². The highest BCUT2D eigenvalue weighted by Crippen LogP contribution is 2.23. The molecule has 2 aromatic heterocycles. The molecule has 0 radical (unpaired) electrons. The number of primary amides is 1. The van der Waals surface area contributed by atoms with Crippen molar-refractivity contribution in [3.05, 3.63) is 41.3 Å². The predicted octanol–water partition coefficient (Wildman–Crippen LogP) is 1.30. The Labute approximate surface area is 137 Å². The van der Waals surface area contributed by atoms with Crippen LogP contribution in [0.4, 0.5) is 17.5 Å². The molecule has 0 saturated carbocycles. The molecular weight excluding hydrogens is 308 g/mol. The molecule has 122 valence electrons. The number of nitrogens with zero attached hydrogens (tertiary/aromatic N) is 4. The number of H-pyrrole nitrogens is 1. The second-order valence-electron chi connectivity index (χ2n) is 5.26. The summed E-state index contributed by atoms with van der Waals surface area (Å²) in [7, 11) is 0. The van der Waals surface area contributed by atoms with Crippen LogP contribution in [0.15, 0.2) is 24.4 Å². The quantitative estimate of drug-likeness (QED) is 0.565. The maximum Gasteiger partial charge on any atom is 0.248 e. The Hall–Kier alpha value is -3.49. The topological polar surface area (TPSA) is 148 Å². The largest absolute Gasteiger partial charge is 0.383 e. The van der Waals surface area contributed by atoms with E-state index in [0.717, 1.165) is 11.3 Å². The van der Waals surface area contributed by atoms with Gasteiger partial charge in [0.1, 0.15) is 11.6 Å². The van der Waals surface area contributed by atoms with Crippen LogP contribution in [0.3, 0.4) is 0 Å². The molecule has 2 heterocycles. The molecule has 3 aromatic rings. The van der Waals surface area contributed by atoms with Crippen LogP contribution in [-0.4, -0.2) is 31.1 Å². The SMILES string of the molecule is Cc1nc(-c2cnc(Nc3ccc(C(N)=O)c(C)c3)nc2N)n[nH]1. The van der Waals surface area contributed by atoms with Crippen LogP contribution in [0.25, 0.3) is 11.4 Å². The fourth-order valence-corrected chi connectivity index (χ4v) is 2.24. The lowest BCUT2D eigenvalue weighted by Crippen LogP contribution is -2.12. The Morgan fingerprint density at radius 1 is 1.25 bits per heavy atom. The van der Waals surface area contributed by atoms with Crippen LogP contribution < -0.4 is 16.8 Å². The first-order valence-corrected chi connectivity index (χ1v) is 7.13. The number of aromatic amines is 1. The number of nitrogens with one attached hydrogen (secondary N) is 2. The lowest BCUT2D eigenvalue weighted by Gasteiger charge is -2.09. The normalized spacial score (nSPS) is 10.6. The zero-order valence-corrected chi connectivity index (χ0v) is 13.2. The first kappa shape index (κ1) is 15.4. The van der Waals surface area contributed by atoms with Crippen molar-refractivity contribution in [2.45, 2.75) is 13.8 Å². The minimum Gasteiger partial charge on any atom is -0.383 e. The van der Waals surface area contributed by atoms with Crippen molar-refractivity contribution >= 4 is 23.4 Å². The lowest BCUT2D eigenvalue weighted by atomic mass is 10.1. The third-order valence-corrected chi connectivity index (χ3v) is 3.40. The van der Waals surface area contributed by atoms with E-state index in [0.29, 0.717) is 28.7 Å². The van der Waals surface area contributed by atoms with Gasteiger partial charge in [-0.2, -0.15) is 10.1 Å². The number of amides is 1. The summed E-state index contributed by atoms with van der Waals surface area (Å²) in [5.41, 5.74) is 13.8. The molecule has 0 aliphatic heterocycles. The van der Waals surface area contributed by atoms with Crippen LogP contribution in [0.2, 0.25) is 0 Å². The van der Waals surface area contributed by atoms with Crippen LogP contribution in [0.1, 0.15) is 21.7 Å². The molecule has 1 aromatic carbocycles. The fourth-order valence-electron chi connectivity index (χ4n) is 2.24. The van der Waals surface area contributed by atoms with Gasteiger partial charge in [0.05, 0.1) is 5.56 Å². The molecule has 0 spiro atoms. The number of benzene rings is 1. The molecule has 0 saturated heterocycles. The van der Waals surface area contributed by atoms with E-state index in [1.165, 1.54) is 0 Å². The van der Waals surface area contributed by atoms with Crippen LogP contribution in [0, 0.1) is 13.8 Å². The molecule has 0 unspecified atom stereocenters. The van der Waals surface area contributed by atoms with Crippen molar-refractivity contribution in [1.82, 2.24) is 25.1 Å². The summed E-state index contributed by atoms with van der Waals surface area (Å²) in [4.78, 5) is 23.9. The van der Waals surface area contributed by atoms with E-state index in [1.807, 2.05) is 0 Å². The minimum absolute atomic E-state index is 0.261. The molecule has 0 bridgehead atoms. The maximum atomic E-state index is 11.3. The molecule has 0 atom stereocenters. The van der Waals surface area contributed by atoms with Gasteiger partial charge in [0.2, 0.25) is 11.9 Å². The Morgan fingerprint density at radius 2 is 2.04 bits per heavy atom. The van der Waals surface area contributed by atoms with Crippen molar-refractivity contribution in [2.24, 2.45) is 5.73 Å². The van der Waals surface area contributed by atoms with Gasteiger partial charge in [0, 0.05) is 17.4 Å². The predicted molar refractivity (Wildman–Crippen MR) is 89.5 cm³/mol. The number of hydrogen-bond acceptors (Lipinski definition) is 7. The summed E-state index contributed by atoms with van der Waals surface area (Å²) in [6.45, 7) is 3.59. The Morgan fingerprint density at radius 3 is 2.62 bits per heavy atom. The van der Waals surface area contributed by atoms with Crippen molar-refractivity contribution in [2.75, 3.05) is 11.1 Å². The zero-order valence-electron chi connectivity index (χ0n) is 13.2. The second-order valence-corrected chi connectivity index (χ2v) is 5.26. The Kier molecular flexibility index (Phi) is 3.82. The van der Waals surface area contributed by atoms with E-state index < -0.39 is 5.91 Å². The van der Waals surface area contributed by atoms with Crippen LogP contribution in [0.5, 0.6) is 0 Å². The van der Waals surface area contributed by atoms with E-state index in [2.05, 4.69) is 30.5 Å². The summed E-state index contributed by atoms with van der Waals surface area (Å²) >= 11 is 0. The molecule has 0 fully saturated rings. The summed E-state index contributed by atoms with van der Waals surface area (Å²) in [6.07, 6.45) is 1.55. The zero-order chi connectivity index (χ0) is 17.3. The Balaban J connectivity index is 1.85. The molecule has 0 aliphatic carbocycles. The number of hydrogen-bond donors (Lipinski definition) is 4. The summed E-state index contributed by atoms with van der Waals surface area (Å²) in [5.74, 6) is 1.24. The maximum absolute atomic E-state index is 11.3. The number of aromatic nitrogens is 5. The van der Waals surface area contributed by atoms with Gasteiger partial charge < -0.3 is 16.8 Å². The highest BCUT2D eigenvalue weighted by Gasteiger charge is 2.12. The first-order valence-electron chi connectivity index (χ1n) is 7.13. The number of aryl methyl sites for hydroxylation is 2. The van der Waals surface area contributed by atoms with Crippen LogP contribution in [-0.2, 0) is 0 Å². The molecular formula is C15H16N8O. The third-order valence-electron chi connectivity index (χ3n) is 3.40. The van der Waals surface area contributed by atoms with E-state index in [4.69, 9.17) is 11.5 Å². The van der Waals surface area contributed by atoms with Crippen molar-refractivity contribution in [1.29, 1.82) is 0 Å². The molecule has 1 amide bonds. The highest BCUT2D eigenvalue weighted by molar-refractivity contribution is 5.94. The standard InChI is InChI=1S/C15H16N8O/c1-7-5-9(3-4-10(7)13(17)24)20-15-18-6-11(12(16)21-15)14-19-8(2)22-23-14/h3-6H,1-2H3,(H2,17,24)(H,19,22,23)(H3,16,18,20,21). The summed E-state index contributed by atoms with van der Waals surface area (Å²) < 4.78 is 0. The summed E-state index contributed by atoms with van der Waals surface area (Å²) in [6, 6.07) is 5.15. The van der Waals surface area contributed by atoms with Gasteiger partial charge in [-0.1, -0.05) is 0 Å². The van der Waals surface area contributed by atoms with Gasteiger partial charge in [-0.05, 0) is 37.6 Å². The van der Waals surface area contributed by atoms with Gasteiger partial charge in [-0.15, -0.1) is 0 Å². The molecule has 0 aliphatic rings. The van der Waals surface area contributed by atoms with E-state index in [-0.39, 0.29) is 5.82 Å². The average Bonchev–Trinajstić information content (AvgIpc) is 2.93. The van der Waals surface area contributed by atoms with E-state index >= 15 is 0 Å². The second kappa shape index (κ2) is 5.95. The molecule has 6 N–H and O–H groups in total. The molecule has 9 nitrogen and oxygen atoms in total. The minimum atomic E-state index is -0.467. The number of carbonyl (C=O) groups excluding carboxylic acids is 1. The number of nitrogen functional groups attached to an aromatic ring is 1. The van der Waals surface area contributed by atoms with Crippen molar-refractivity contribution < 1.29 is 4.79 Å². The fraction of sp³-hybridized carbons (Fsp3) is 0.133. The summed E-state index contributed by atoms with van der Waals surface area (Å²) in [5, 5.41) is 9.81. The van der Waals surface area contributed by atoms with Gasteiger partial charge in [-0.3, -0.25) is 9.89 Å². The smallest absolute Gasteiger partial charge is 0.248 e. The monoisotopic (exact) mass is 324 g/mol. The highest BCUT2D eigenvalue weighted by atomic mass is 16.1. The van der Waals surface area contributed by atoms with Gasteiger partial charge >= 0.3 is 0 Å². The van der Waals surface area contributed by atoms with Gasteiger partial charge in [0.25, 0.3) is 0 Å². The average molecular weight is 324 g/mol. The Bertz CT molecular complexity index is 918. The van der Waals surface area contributed by atoms with Crippen molar-refractivity contribution in [3.63, 3.8) is 0 Å². The third kappa shape index (κ3) is 3.00. The van der Waals surface area contributed by atoms with Crippen LogP contribution >= 0.6 is 0 Å². The number of nitrogens with two attached hydrogens (primary N) is 2. The number of anilines is 3. The first-order chi connectivity index (χ1) is 11.4. The number of carbonyl (C=O) groups is 1. The van der Waals surface area contributed by atoms with Gasteiger partial charge in [-0.25, -0.2) is 9.97 Å². The van der Waals surface area contributed by atoms with E-state index in [9.17, 15) is 4.79 Å². The molecule has 9 heteroatoms. The molecule has 3 rings (SSSR count). The number of rotatable bonds is 4. The lowest BCUT2D eigenvalue weighted by molar-refractivity contribution is 0.1000. The molecule has 24 heavy (non-hydrogen) atoms. The van der Waals surface area contributed by atoms with E-state index in [1.54, 1.807) is 38.2 Å². The van der Waals surface area contributed by atoms with Crippen molar-refractivity contribution in [3.8, 4) is 11.4 Å².